The molecule has 1 heterocycles. The fraction of sp³-hybridized carbons (Fsp3) is 0.273. The average Bonchev–Trinajstić information content (AvgIpc) is 2.70. The zero-order chi connectivity index (χ0) is 21.8. The lowest BCUT2D eigenvalue weighted by molar-refractivity contribution is 0.0483. The Kier molecular flexibility index (Phi) is 6.47. The van der Waals surface area contributed by atoms with Gasteiger partial charge in [0.2, 0.25) is 0 Å². The second-order valence-corrected chi connectivity index (χ2v) is 7.22. The van der Waals surface area contributed by atoms with Crippen LogP contribution in [0.4, 0.5) is 8.78 Å². The summed E-state index contributed by atoms with van der Waals surface area (Å²) >= 11 is 0. The Morgan fingerprint density at radius 2 is 1.77 bits per heavy atom. The first-order valence-corrected chi connectivity index (χ1v) is 9.43. The molecule has 0 spiro atoms. The summed E-state index contributed by atoms with van der Waals surface area (Å²) in [5, 5.41) is 10.0. The third-order valence-electron chi connectivity index (χ3n) is 4.76. The third-order valence-corrected chi connectivity index (χ3v) is 4.76. The van der Waals surface area contributed by atoms with E-state index in [-0.39, 0.29) is 41.5 Å². The van der Waals surface area contributed by atoms with Crippen molar-refractivity contribution in [1.29, 1.82) is 0 Å². The van der Waals surface area contributed by atoms with Gasteiger partial charge in [0.15, 0.2) is 0 Å². The van der Waals surface area contributed by atoms with Gasteiger partial charge in [-0.2, -0.15) is 0 Å². The summed E-state index contributed by atoms with van der Waals surface area (Å²) < 4.78 is 33.6. The molecule has 0 aliphatic heterocycles. The summed E-state index contributed by atoms with van der Waals surface area (Å²) in [7, 11) is 0. The lowest BCUT2D eigenvalue weighted by Crippen LogP contribution is -2.43. The Morgan fingerprint density at radius 1 is 1.07 bits per heavy atom. The van der Waals surface area contributed by atoms with Crippen molar-refractivity contribution >= 4 is 0 Å². The molecule has 0 saturated heterocycles. The molecule has 3 rings (SSSR count). The van der Waals surface area contributed by atoms with Crippen molar-refractivity contribution in [3.63, 3.8) is 0 Å². The van der Waals surface area contributed by atoms with Crippen LogP contribution < -0.4 is 11.2 Å². The maximum absolute atomic E-state index is 13.8. The molecule has 6 nitrogen and oxygen atoms in total. The van der Waals surface area contributed by atoms with Gasteiger partial charge >= 0.3 is 5.69 Å². The largest absolute Gasteiger partial charge is 0.421 e. The van der Waals surface area contributed by atoms with Gasteiger partial charge in [-0.05, 0) is 17.5 Å². The molecule has 0 aliphatic carbocycles. The van der Waals surface area contributed by atoms with Gasteiger partial charge in [-0.25, -0.2) is 13.6 Å². The molecule has 158 valence electrons. The van der Waals surface area contributed by atoms with Crippen LogP contribution in [0, 0.1) is 11.6 Å². The predicted octanol–water partition coefficient (Wildman–Crippen LogP) is 3.41. The van der Waals surface area contributed by atoms with E-state index in [9.17, 15) is 23.6 Å². The van der Waals surface area contributed by atoms with Crippen molar-refractivity contribution in [3.8, 4) is 0 Å². The maximum Gasteiger partial charge on any atom is 0.366 e. The summed E-state index contributed by atoms with van der Waals surface area (Å²) in [6.07, 6.45) is 0.272. The van der Waals surface area contributed by atoms with Gasteiger partial charge in [-0.15, -0.1) is 0 Å². The molecule has 0 amide bonds. The van der Waals surface area contributed by atoms with Crippen molar-refractivity contribution in [2.45, 2.75) is 39.5 Å². The number of halogens is 2. The van der Waals surface area contributed by atoms with Crippen LogP contribution in [0.1, 0.15) is 42.1 Å². The number of ether oxygens (including phenoxy) is 1. The van der Waals surface area contributed by atoms with E-state index in [1.165, 1.54) is 6.07 Å². The Hall–Kier alpha value is -3.26. The van der Waals surface area contributed by atoms with Crippen LogP contribution in [0.25, 0.3) is 0 Å². The zero-order valence-electron chi connectivity index (χ0n) is 16.6. The van der Waals surface area contributed by atoms with E-state index in [0.29, 0.717) is 5.69 Å². The topological polar surface area (TPSA) is 73.5 Å². The zero-order valence-corrected chi connectivity index (χ0v) is 16.6. The van der Waals surface area contributed by atoms with Crippen LogP contribution in [0.15, 0.2) is 58.1 Å². The van der Waals surface area contributed by atoms with Gasteiger partial charge in [-0.3, -0.25) is 9.36 Å². The normalized spacial score (nSPS) is 11.2. The van der Waals surface area contributed by atoms with Crippen LogP contribution in [-0.4, -0.2) is 14.5 Å². The van der Waals surface area contributed by atoms with Crippen LogP contribution in [0.2, 0.25) is 0 Å². The lowest BCUT2D eigenvalue weighted by atomic mass is 9.98. The number of nitrogens with zero attached hydrogens (tertiary/aromatic N) is 2. The Balaban J connectivity index is 1.99. The van der Waals surface area contributed by atoms with Gasteiger partial charge in [-0.1, -0.05) is 55.0 Å². The third kappa shape index (κ3) is 4.49. The van der Waals surface area contributed by atoms with E-state index in [2.05, 4.69) is 0 Å². The highest BCUT2D eigenvalue weighted by atomic mass is 19.1. The molecule has 0 fully saturated rings. The quantitative estimate of drug-likeness (QED) is 0.599. The van der Waals surface area contributed by atoms with Crippen LogP contribution in [-0.2, 0) is 24.5 Å². The number of hydrogen-bond acceptors (Lipinski definition) is 4. The standard InChI is InChI=1S/C22H22F2N2O4/c1-14(2)20-19(10-15-6-4-3-5-7-15)25(22(28)26(29)21(20)27)13-30-12-16-8-9-17(23)11-18(16)24/h3-9,11,14,29H,10,12-13H2,1-2H3. The van der Waals surface area contributed by atoms with Crippen molar-refractivity contribution in [2.75, 3.05) is 0 Å². The SMILES string of the molecule is CC(C)c1c(Cc2ccccc2)n(COCc2ccc(F)cc2F)c(=O)n(O)c1=O. The van der Waals surface area contributed by atoms with E-state index in [0.717, 1.165) is 22.3 Å². The molecule has 1 N–H and O–H groups in total. The highest BCUT2D eigenvalue weighted by Crippen LogP contribution is 2.19. The Morgan fingerprint density at radius 3 is 2.40 bits per heavy atom. The molecule has 0 aliphatic rings. The molecule has 0 radical (unpaired) electrons. The molecule has 8 heteroatoms. The van der Waals surface area contributed by atoms with Gasteiger partial charge in [0.25, 0.3) is 5.56 Å². The molecule has 0 bridgehead atoms. The second kappa shape index (κ2) is 9.04. The first kappa shape index (κ1) is 21.4. The molecule has 0 unspecified atom stereocenters. The van der Waals surface area contributed by atoms with E-state index in [1.54, 1.807) is 13.8 Å². The van der Waals surface area contributed by atoms with E-state index in [1.807, 2.05) is 30.3 Å². The molecule has 0 atom stereocenters. The smallest absolute Gasteiger partial charge is 0.366 e. The fourth-order valence-corrected chi connectivity index (χ4v) is 3.28. The van der Waals surface area contributed by atoms with E-state index in [4.69, 9.17) is 4.74 Å². The number of benzene rings is 2. The summed E-state index contributed by atoms with van der Waals surface area (Å²) in [5.74, 6) is -1.73. The minimum Gasteiger partial charge on any atom is -0.421 e. The van der Waals surface area contributed by atoms with Crippen molar-refractivity contribution < 1.29 is 18.7 Å². The first-order valence-electron chi connectivity index (χ1n) is 9.43. The highest BCUT2D eigenvalue weighted by Gasteiger charge is 2.21. The summed E-state index contributed by atoms with van der Waals surface area (Å²) in [5.41, 5.74) is -0.0343. The Labute approximate surface area is 171 Å². The molecule has 0 saturated carbocycles. The molecule has 2 aromatic carbocycles. The summed E-state index contributed by atoms with van der Waals surface area (Å²) in [6, 6.07) is 12.4. The molecule has 30 heavy (non-hydrogen) atoms. The van der Waals surface area contributed by atoms with Gasteiger partial charge < -0.3 is 9.94 Å². The minimum absolute atomic E-state index is 0.0612. The molecule has 3 aromatic rings. The van der Waals surface area contributed by atoms with Crippen LogP contribution >= 0.6 is 0 Å². The maximum atomic E-state index is 13.8. The van der Waals surface area contributed by atoms with Crippen molar-refractivity contribution in [2.24, 2.45) is 0 Å². The van der Waals surface area contributed by atoms with Crippen molar-refractivity contribution in [1.82, 2.24) is 9.30 Å². The highest BCUT2D eigenvalue weighted by molar-refractivity contribution is 5.29. The molecule has 1 aromatic heterocycles. The summed E-state index contributed by atoms with van der Waals surface area (Å²) in [4.78, 5) is 25.1. The fourth-order valence-electron chi connectivity index (χ4n) is 3.28. The van der Waals surface area contributed by atoms with Crippen LogP contribution in [0.3, 0.4) is 0 Å². The first-order chi connectivity index (χ1) is 14.3. The van der Waals surface area contributed by atoms with Gasteiger partial charge in [0.05, 0.1) is 6.61 Å². The van der Waals surface area contributed by atoms with Gasteiger partial charge in [0.1, 0.15) is 18.4 Å². The lowest BCUT2D eigenvalue weighted by Gasteiger charge is -2.19. The van der Waals surface area contributed by atoms with Crippen LogP contribution in [0.5, 0.6) is 0 Å². The minimum atomic E-state index is -0.949. The second-order valence-electron chi connectivity index (χ2n) is 7.22. The number of hydrogen-bond donors (Lipinski definition) is 1. The monoisotopic (exact) mass is 416 g/mol. The average molecular weight is 416 g/mol. The van der Waals surface area contributed by atoms with E-state index >= 15 is 0 Å². The number of rotatable bonds is 7. The Bertz CT molecular complexity index is 1150. The molecular weight excluding hydrogens is 394 g/mol. The summed E-state index contributed by atoms with van der Waals surface area (Å²) in [6.45, 7) is 3.03. The molecular formula is C22H22F2N2O4. The van der Waals surface area contributed by atoms with Crippen molar-refractivity contribution in [3.05, 3.63) is 103 Å². The number of aromatic nitrogens is 2. The van der Waals surface area contributed by atoms with Gasteiger partial charge in [0, 0.05) is 29.3 Å². The predicted molar refractivity (Wildman–Crippen MR) is 107 cm³/mol. The van der Waals surface area contributed by atoms with E-state index < -0.39 is 22.9 Å².